The van der Waals surface area contributed by atoms with Crippen LogP contribution in [0.4, 0.5) is 5.69 Å². The Kier molecular flexibility index (Phi) is 7.02. The SMILES string of the molecule is O=C(O)c1ccc(C(=O)Nc2ccc(SCC(=O)n3c4c(c5ccccc53)CCCC4)cc2)c(C(=O)O)c1. The van der Waals surface area contributed by atoms with Crippen LogP contribution in [-0.4, -0.2) is 44.3 Å². The minimum absolute atomic E-state index is 0.0257. The minimum Gasteiger partial charge on any atom is -0.478 e. The first-order valence-electron chi connectivity index (χ1n) is 12.1. The van der Waals surface area contributed by atoms with E-state index in [4.69, 9.17) is 5.11 Å². The van der Waals surface area contributed by atoms with Crippen molar-refractivity contribution in [1.82, 2.24) is 4.57 Å². The van der Waals surface area contributed by atoms with Gasteiger partial charge in [-0.05, 0) is 79.8 Å². The van der Waals surface area contributed by atoms with Gasteiger partial charge in [-0.2, -0.15) is 0 Å². The molecule has 0 unspecified atom stereocenters. The lowest BCUT2D eigenvalue weighted by Gasteiger charge is -2.15. The number of nitrogens with zero attached hydrogens (tertiary/aromatic N) is 1. The summed E-state index contributed by atoms with van der Waals surface area (Å²) in [6, 6.07) is 18.3. The van der Waals surface area contributed by atoms with Crippen LogP contribution < -0.4 is 5.32 Å². The number of aromatic nitrogens is 1. The molecule has 192 valence electrons. The number of thioether (sulfide) groups is 1. The first-order valence-corrected chi connectivity index (χ1v) is 13.1. The molecule has 5 rings (SSSR count). The number of carbonyl (C=O) groups excluding carboxylic acids is 2. The number of hydrogen-bond donors (Lipinski definition) is 3. The molecule has 0 atom stereocenters. The maximum atomic E-state index is 13.3. The molecular weight excluding hydrogens is 504 g/mol. The smallest absolute Gasteiger partial charge is 0.336 e. The van der Waals surface area contributed by atoms with Crippen LogP contribution in [0.3, 0.4) is 0 Å². The zero-order valence-corrected chi connectivity index (χ0v) is 21.1. The molecule has 1 aliphatic carbocycles. The molecule has 0 saturated carbocycles. The number of hydrogen-bond acceptors (Lipinski definition) is 5. The summed E-state index contributed by atoms with van der Waals surface area (Å²) < 4.78 is 1.88. The van der Waals surface area contributed by atoms with Crippen LogP contribution in [0.1, 0.15) is 60.0 Å². The second-order valence-corrected chi connectivity index (χ2v) is 10.1. The van der Waals surface area contributed by atoms with E-state index < -0.39 is 23.4 Å². The maximum absolute atomic E-state index is 13.3. The highest BCUT2D eigenvalue weighted by Gasteiger charge is 2.23. The molecule has 3 aromatic carbocycles. The van der Waals surface area contributed by atoms with Gasteiger partial charge in [0.05, 0.1) is 28.0 Å². The second kappa shape index (κ2) is 10.5. The van der Waals surface area contributed by atoms with Crippen LogP contribution >= 0.6 is 11.8 Å². The van der Waals surface area contributed by atoms with Crippen LogP contribution in [-0.2, 0) is 12.8 Å². The van der Waals surface area contributed by atoms with Crippen molar-refractivity contribution in [1.29, 1.82) is 0 Å². The average Bonchev–Trinajstić information content (AvgIpc) is 3.26. The molecule has 8 nitrogen and oxygen atoms in total. The third-order valence-electron chi connectivity index (χ3n) is 6.64. The Balaban J connectivity index is 1.27. The molecule has 0 aliphatic heterocycles. The molecule has 38 heavy (non-hydrogen) atoms. The highest BCUT2D eigenvalue weighted by Crippen LogP contribution is 2.33. The minimum atomic E-state index is -1.40. The highest BCUT2D eigenvalue weighted by atomic mass is 32.2. The van der Waals surface area contributed by atoms with Gasteiger partial charge in [-0.3, -0.25) is 14.2 Å². The van der Waals surface area contributed by atoms with Crippen molar-refractivity contribution in [2.75, 3.05) is 11.1 Å². The lowest BCUT2D eigenvalue weighted by molar-refractivity contribution is 0.0692. The van der Waals surface area contributed by atoms with Crippen molar-refractivity contribution in [3.05, 3.63) is 94.7 Å². The second-order valence-electron chi connectivity index (χ2n) is 9.02. The molecule has 1 aromatic heterocycles. The lowest BCUT2D eigenvalue weighted by atomic mass is 9.96. The number of fused-ring (bicyclic) bond motifs is 3. The van der Waals surface area contributed by atoms with E-state index in [1.807, 2.05) is 22.8 Å². The first-order chi connectivity index (χ1) is 18.3. The molecule has 0 bridgehead atoms. The van der Waals surface area contributed by atoms with Crippen molar-refractivity contribution < 1.29 is 29.4 Å². The number of carboxylic acid groups (broad SMARTS) is 2. The van der Waals surface area contributed by atoms with Crippen molar-refractivity contribution >= 4 is 52.1 Å². The predicted octanol–water partition coefficient (Wildman–Crippen LogP) is 5.60. The molecule has 0 saturated heterocycles. The number of nitrogens with one attached hydrogen (secondary N) is 1. The van der Waals surface area contributed by atoms with Gasteiger partial charge in [0.25, 0.3) is 5.91 Å². The van der Waals surface area contributed by atoms with Crippen molar-refractivity contribution in [3.8, 4) is 0 Å². The molecule has 4 aromatic rings. The summed E-state index contributed by atoms with van der Waals surface area (Å²) in [4.78, 5) is 49.5. The van der Waals surface area contributed by atoms with Gasteiger partial charge in [0.2, 0.25) is 5.91 Å². The molecule has 0 fully saturated rings. The van der Waals surface area contributed by atoms with Gasteiger partial charge in [0.1, 0.15) is 0 Å². The maximum Gasteiger partial charge on any atom is 0.336 e. The van der Waals surface area contributed by atoms with E-state index in [1.54, 1.807) is 24.3 Å². The van der Waals surface area contributed by atoms with Crippen LogP contribution in [0.25, 0.3) is 10.9 Å². The Labute approximate surface area is 222 Å². The van der Waals surface area contributed by atoms with Crippen molar-refractivity contribution in [2.45, 2.75) is 30.6 Å². The summed E-state index contributed by atoms with van der Waals surface area (Å²) in [5, 5.41) is 22.3. The van der Waals surface area contributed by atoms with E-state index in [1.165, 1.54) is 29.5 Å². The summed E-state index contributed by atoms with van der Waals surface area (Å²) in [5.74, 6) is -3.06. The molecule has 1 aliphatic rings. The fourth-order valence-corrected chi connectivity index (χ4v) is 5.62. The quantitative estimate of drug-likeness (QED) is 0.267. The normalized spacial score (nSPS) is 12.6. The van der Waals surface area contributed by atoms with Gasteiger partial charge >= 0.3 is 11.9 Å². The van der Waals surface area contributed by atoms with Crippen LogP contribution in [0.15, 0.2) is 71.6 Å². The van der Waals surface area contributed by atoms with Crippen LogP contribution in [0, 0.1) is 0 Å². The van der Waals surface area contributed by atoms with Gasteiger partial charge < -0.3 is 15.5 Å². The summed E-state index contributed by atoms with van der Waals surface area (Å²) in [7, 11) is 0. The number of carbonyl (C=O) groups is 4. The van der Waals surface area contributed by atoms with Crippen LogP contribution in [0.2, 0.25) is 0 Å². The Bertz CT molecular complexity index is 1590. The van der Waals surface area contributed by atoms with Gasteiger partial charge in [-0.1, -0.05) is 18.2 Å². The predicted molar refractivity (Wildman–Crippen MR) is 145 cm³/mol. The van der Waals surface area contributed by atoms with Crippen molar-refractivity contribution in [3.63, 3.8) is 0 Å². The Morgan fingerprint density at radius 1 is 0.842 bits per heavy atom. The number of aromatic carboxylic acids is 2. The van der Waals surface area contributed by atoms with Crippen LogP contribution in [0.5, 0.6) is 0 Å². The zero-order chi connectivity index (χ0) is 26.8. The van der Waals surface area contributed by atoms with E-state index in [-0.39, 0.29) is 22.8 Å². The monoisotopic (exact) mass is 528 g/mol. The van der Waals surface area contributed by atoms with E-state index in [2.05, 4.69) is 11.4 Å². The van der Waals surface area contributed by atoms with E-state index in [9.17, 15) is 24.3 Å². The Morgan fingerprint density at radius 2 is 1.58 bits per heavy atom. The standard InChI is InChI=1S/C29H24N2O6S/c32-26(31-24-7-3-1-5-20(24)21-6-2-4-8-25(21)31)16-38-19-12-10-18(11-13-19)30-27(33)22-14-9-17(28(34)35)15-23(22)29(36)37/h1,3,5,7,9-15H,2,4,6,8,16H2,(H,30,33)(H,34,35)(H,36,37). The Hall–Kier alpha value is -4.37. The number of benzene rings is 3. The third-order valence-corrected chi connectivity index (χ3v) is 7.64. The topological polar surface area (TPSA) is 126 Å². The first kappa shape index (κ1) is 25.3. The highest BCUT2D eigenvalue weighted by molar-refractivity contribution is 8.00. The number of rotatable bonds is 7. The van der Waals surface area contributed by atoms with Gasteiger partial charge in [-0.25, -0.2) is 9.59 Å². The molecule has 0 radical (unpaired) electrons. The summed E-state index contributed by atoms with van der Waals surface area (Å²) >= 11 is 1.40. The summed E-state index contributed by atoms with van der Waals surface area (Å²) in [6.45, 7) is 0. The zero-order valence-electron chi connectivity index (χ0n) is 20.3. The fourth-order valence-electron chi connectivity index (χ4n) is 4.88. The lowest BCUT2D eigenvalue weighted by Crippen LogP contribution is -2.18. The van der Waals surface area contributed by atoms with Gasteiger partial charge in [-0.15, -0.1) is 11.8 Å². The molecule has 1 amide bonds. The Morgan fingerprint density at radius 3 is 2.32 bits per heavy atom. The third kappa shape index (κ3) is 4.92. The number of carboxylic acids is 2. The number of amides is 1. The number of anilines is 1. The largest absolute Gasteiger partial charge is 0.478 e. The number of para-hydroxylation sites is 1. The van der Waals surface area contributed by atoms with Gasteiger partial charge in [0.15, 0.2) is 0 Å². The molecule has 0 spiro atoms. The van der Waals surface area contributed by atoms with Crippen molar-refractivity contribution in [2.24, 2.45) is 0 Å². The summed E-state index contributed by atoms with van der Waals surface area (Å²) in [5.41, 5.74) is 3.05. The molecule has 1 heterocycles. The number of aryl methyl sites for hydroxylation is 1. The molecule has 3 N–H and O–H groups in total. The molecular formula is C29H24N2O6S. The average molecular weight is 529 g/mol. The summed E-state index contributed by atoms with van der Waals surface area (Å²) in [6.07, 6.45) is 4.11. The van der Waals surface area contributed by atoms with E-state index in [0.717, 1.165) is 53.2 Å². The molecule has 9 heteroatoms. The fraction of sp³-hybridized carbons (Fsp3) is 0.172. The van der Waals surface area contributed by atoms with E-state index in [0.29, 0.717) is 5.69 Å². The van der Waals surface area contributed by atoms with Gasteiger partial charge in [0, 0.05) is 21.7 Å². The van der Waals surface area contributed by atoms with E-state index >= 15 is 0 Å².